The third-order valence-electron chi connectivity index (χ3n) is 5.77. The molecule has 3 heterocycles. The number of benzene rings is 2. The first kappa shape index (κ1) is 19.5. The van der Waals surface area contributed by atoms with E-state index in [4.69, 9.17) is 12.2 Å². The Bertz CT molecular complexity index is 1210. The summed E-state index contributed by atoms with van der Waals surface area (Å²) in [6.45, 7) is 4.22. The lowest BCUT2D eigenvalue weighted by molar-refractivity contribution is 0.549. The molecule has 0 saturated carbocycles. The quantitative estimate of drug-likeness (QED) is 0.428. The summed E-state index contributed by atoms with van der Waals surface area (Å²) in [5, 5.41) is 4.25. The fourth-order valence-electron chi connectivity index (χ4n) is 4.29. The van der Waals surface area contributed by atoms with E-state index in [0.29, 0.717) is 5.11 Å². The maximum atomic E-state index is 5.84. The number of hydrogen-bond donors (Lipinski definition) is 1. The minimum Gasteiger partial charge on any atom is -0.351 e. The Hall–Kier alpha value is -3.44. The highest BCUT2D eigenvalue weighted by Crippen LogP contribution is 2.42. The van der Waals surface area contributed by atoms with Crippen LogP contribution in [0, 0.1) is 13.8 Å². The van der Waals surface area contributed by atoms with Crippen LogP contribution in [0.3, 0.4) is 0 Å². The van der Waals surface area contributed by atoms with Gasteiger partial charge in [-0.05, 0) is 80.2 Å². The molecule has 0 aliphatic carbocycles. The van der Waals surface area contributed by atoms with Gasteiger partial charge in [-0.25, -0.2) is 0 Å². The highest BCUT2D eigenvalue weighted by molar-refractivity contribution is 7.80. The zero-order valence-corrected chi connectivity index (χ0v) is 18.4. The Labute approximate surface area is 188 Å². The maximum Gasteiger partial charge on any atom is 0.174 e. The van der Waals surface area contributed by atoms with Gasteiger partial charge in [-0.1, -0.05) is 35.9 Å². The predicted octanol–water partition coefficient (Wildman–Crippen LogP) is 5.67. The summed E-state index contributed by atoms with van der Waals surface area (Å²) in [4.78, 5) is 6.87. The normalized spacial score (nSPS) is 18.3. The second kappa shape index (κ2) is 8.00. The van der Waals surface area contributed by atoms with Gasteiger partial charge in [0.05, 0.1) is 11.7 Å². The molecule has 0 bridgehead atoms. The molecular weight excluding hydrogens is 400 g/mol. The van der Waals surface area contributed by atoms with E-state index in [1.807, 2.05) is 18.3 Å². The van der Waals surface area contributed by atoms with Gasteiger partial charge in [-0.3, -0.25) is 4.98 Å². The fraction of sp³-hybridized carbons (Fsp3) is 0.154. The monoisotopic (exact) mass is 424 g/mol. The van der Waals surface area contributed by atoms with E-state index in [0.717, 1.165) is 22.8 Å². The van der Waals surface area contributed by atoms with Crippen LogP contribution in [0.4, 0.5) is 5.69 Å². The first-order valence-electron chi connectivity index (χ1n) is 10.4. The Morgan fingerprint density at radius 3 is 2.42 bits per heavy atom. The van der Waals surface area contributed by atoms with Crippen LogP contribution in [-0.4, -0.2) is 14.7 Å². The number of aromatic nitrogens is 2. The number of hydrogen-bond acceptors (Lipinski definition) is 2. The number of anilines is 1. The molecule has 5 rings (SSSR count). The van der Waals surface area contributed by atoms with E-state index < -0.39 is 0 Å². The molecule has 2 atom stereocenters. The molecule has 1 saturated heterocycles. The van der Waals surface area contributed by atoms with Crippen LogP contribution in [0.15, 0.2) is 91.3 Å². The minimum atomic E-state index is -0.0616. The maximum absolute atomic E-state index is 5.84. The summed E-state index contributed by atoms with van der Waals surface area (Å²) in [5.74, 6) is 0. The molecule has 0 spiro atoms. The van der Waals surface area contributed by atoms with Gasteiger partial charge in [-0.2, -0.15) is 0 Å². The molecule has 1 aliphatic heterocycles. The third-order valence-corrected chi connectivity index (χ3v) is 6.09. The molecule has 4 nitrogen and oxygen atoms in total. The van der Waals surface area contributed by atoms with Gasteiger partial charge in [0.25, 0.3) is 0 Å². The Morgan fingerprint density at radius 1 is 0.839 bits per heavy atom. The van der Waals surface area contributed by atoms with Crippen molar-refractivity contribution >= 4 is 23.0 Å². The molecular formula is C26H24N4S. The summed E-state index contributed by atoms with van der Waals surface area (Å²) in [5.41, 5.74) is 6.80. The summed E-state index contributed by atoms with van der Waals surface area (Å²) in [6, 6.07) is 27.3. The standard InChI is InChI=1S/C26H24N4S/c1-18-11-13-20(14-12-18)30-25(24(28-26(30)31)22-9-3-4-15-27-22)23-10-6-16-29(23)21-8-5-7-19(2)17-21/h3-17,24-25H,1-2H3,(H,28,31)/t24-,25-/m1/s1. The molecule has 2 aromatic heterocycles. The van der Waals surface area contributed by atoms with E-state index >= 15 is 0 Å². The molecule has 1 aliphatic rings. The lowest BCUT2D eigenvalue weighted by Crippen LogP contribution is -2.30. The first-order valence-corrected chi connectivity index (χ1v) is 10.8. The summed E-state index contributed by atoms with van der Waals surface area (Å²) in [7, 11) is 0. The average Bonchev–Trinajstić information content (AvgIpc) is 3.39. The summed E-state index contributed by atoms with van der Waals surface area (Å²) < 4.78 is 2.25. The van der Waals surface area contributed by atoms with Gasteiger partial charge in [0, 0.05) is 29.5 Å². The number of thiocarbonyl (C=S) groups is 1. The van der Waals surface area contributed by atoms with Crippen LogP contribution < -0.4 is 10.2 Å². The van der Waals surface area contributed by atoms with Crippen LogP contribution in [0.25, 0.3) is 5.69 Å². The van der Waals surface area contributed by atoms with E-state index in [1.165, 1.54) is 11.1 Å². The topological polar surface area (TPSA) is 33.1 Å². The predicted molar refractivity (Wildman–Crippen MR) is 130 cm³/mol. The average molecular weight is 425 g/mol. The lowest BCUT2D eigenvalue weighted by Gasteiger charge is -2.29. The number of pyridine rings is 1. The van der Waals surface area contributed by atoms with E-state index in [2.05, 4.69) is 107 Å². The van der Waals surface area contributed by atoms with Crippen molar-refractivity contribution in [3.05, 3.63) is 114 Å². The number of rotatable bonds is 4. The summed E-state index contributed by atoms with van der Waals surface area (Å²) >= 11 is 5.84. The van der Waals surface area contributed by atoms with Crippen molar-refractivity contribution < 1.29 is 0 Å². The Kier molecular flexibility index (Phi) is 5.04. The third kappa shape index (κ3) is 3.62. The van der Waals surface area contributed by atoms with Crippen LogP contribution in [-0.2, 0) is 0 Å². The molecule has 2 aromatic carbocycles. The SMILES string of the molecule is Cc1ccc(N2C(=S)N[C@H](c3ccccn3)[C@H]2c2cccn2-c2cccc(C)c2)cc1. The van der Waals surface area contributed by atoms with E-state index in [9.17, 15) is 0 Å². The van der Waals surface area contributed by atoms with Crippen molar-refractivity contribution in [2.75, 3.05) is 4.90 Å². The van der Waals surface area contributed by atoms with Crippen LogP contribution in [0.1, 0.15) is 34.6 Å². The minimum absolute atomic E-state index is 0.0411. The largest absolute Gasteiger partial charge is 0.351 e. The van der Waals surface area contributed by atoms with Gasteiger partial charge in [0.2, 0.25) is 0 Å². The fourth-order valence-corrected chi connectivity index (χ4v) is 4.63. The van der Waals surface area contributed by atoms with Crippen LogP contribution in [0.2, 0.25) is 0 Å². The molecule has 154 valence electrons. The van der Waals surface area contributed by atoms with Gasteiger partial charge >= 0.3 is 0 Å². The van der Waals surface area contributed by atoms with Crippen molar-refractivity contribution in [2.24, 2.45) is 0 Å². The number of nitrogens with one attached hydrogen (secondary N) is 1. The molecule has 4 aromatic rings. The van der Waals surface area contributed by atoms with Crippen molar-refractivity contribution in [2.45, 2.75) is 25.9 Å². The highest BCUT2D eigenvalue weighted by Gasteiger charge is 2.42. The molecule has 0 radical (unpaired) electrons. The zero-order chi connectivity index (χ0) is 21.4. The molecule has 0 amide bonds. The van der Waals surface area contributed by atoms with Crippen molar-refractivity contribution in [3.63, 3.8) is 0 Å². The highest BCUT2D eigenvalue weighted by atomic mass is 32.1. The smallest absolute Gasteiger partial charge is 0.174 e. The van der Waals surface area contributed by atoms with Crippen molar-refractivity contribution in [1.82, 2.24) is 14.9 Å². The van der Waals surface area contributed by atoms with Crippen molar-refractivity contribution in [3.8, 4) is 5.69 Å². The van der Waals surface area contributed by atoms with Crippen LogP contribution in [0.5, 0.6) is 0 Å². The molecule has 0 unspecified atom stereocenters. The molecule has 1 N–H and O–H groups in total. The second-order valence-electron chi connectivity index (χ2n) is 7.97. The van der Waals surface area contributed by atoms with E-state index in [1.54, 1.807) is 0 Å². The number of aryl methyl sites for hydroxylation is 2. The number of nitrogens with zero attached hydrogens (tertiary/aromatic N) is 3. The molecule has 31 heavy (non-hydrogen) atoms. The lowest BCUT2D eigenvalue weighted by atomic mass is 10.0. The van der Waals surface area contributed by atoms with Crippen molar-refractivity contribution in [1.29, 1.82) is 0 Å². The Morgan fingerprint density at radius 2 is 1.68 bits per heavy atom. The van der Waals surface area contributed by atoms with E-state index in [-0.39, 0.29) is 12.1 Å². The Balaban J connectivity index is 1.67. The first-order chi connectivity index (χ1) is 15.1. The zero-order valence-electron chi connectivity index (χ0n) is 17.6. The van der Waals surface area contributed by atoms with Crippen LogP contribution >= 0.6 is 12.2 Å². The second-order valence-corrected chi connectivity index (χ2v) is 8.36. The van der Waals surface area contributed by atoms with Gasteiger partial charge in [0.1, 0.15) is 6.04 Å². The molecule has 1 fully saturated rings. The summed E-state index contributed by atoms with van der Waals surface area (Å²) in [6.07, 6.45) is 3.96. The van der Waals surface area contributed by atoms with Gasteiger partial charge in [-0.15, -0.1) is 0 Å². The van der Waals surface area contributed by atoms with Gasteiger partial charge in [0.15, 0.2) is 5.11 Å². The molecule has 5 heteroatoms. The van der Waals surface area contributed by atoms with Gasteiger partial charge < -0.3 is 14.8 Å².